The van der Waals surface area contributed by atoms with Crippen LogP contribution < -0.4 is 0 Å². The van der Waals surface area contributed by atoms with E-state index in [9.17, 15) is 0 Å². The highest BCUT2D eigenvalue weighted by molar-refractivity contribution is 5.48. The molecule has 1 aliphatic carbocycles. The van der Waals surface area contributed by atoms with Gasteiger partial charge in [0.25, 0.3) is 0 Å². The zero-order valence-corrected chi connectivity index (χ0v) is 12.4. The van der Waals surface area contributed by atoms with Crippen LogP contribution in [0.4, 0.5) is 0 Å². The van der Waals surface area contributed by atoms with Gasteiger partial charge in [-0.15, -0.1) is 0 Å². The summed E-state index contributed by atoms with van der Waals surface area (Å²) < 4.78 is 0. The number of fused-ring (bicyclic) bond motifs is 1. The van der Waals surface area contributed by atoms with Crippen molar-refractivity contribution in [1.29, 1.82) is 0 Å². The molecule has 0 unspecified atom stereocenters. The highest BCUT2D eigenvalue weighted by Gasteiger charge is 2.32. The summed E-state index contributed by atoms with van der Waals surface area (Å²) in [4.78, 5) is 0. The van der Waals surface area contributed by atoms with Gasteiger partial charge in [-0.1, -0.05) is 68.5 Å². The molecule has 0 saturated heterocycles. The average molecular weight is 252 g/mol. The third-order valence-electron chi connectivity index (χ3n) is 4.49. The van der Waals surface area contributed by atoms with E-state index in [4.69, 9.17) is 0 Å². The molecule has 0 aliphatic heterocycles. The van der Waals surface area contributed by atoms with Crippen LogP contribution in [-0.2, 0) is 11.8 Å². The SMILES string of the molecule is C=C1/C=C\C=C/Cc2ccc(C)cc2C1(CC)CC. The number of rotatable bonds is 2. The molecule has 1 aromatic carbocycles. The molecule has 0 saturated carbocycles. The van der Waals surface area contributed by atoms with Gasteiger partial charge in [0.2, 0.25) is 0 Å². The van der Waals surface area contributed by atoms with Crippen molar-refractivity contribution >= 4 is 0 Å². The van der Waals surface area contributed by atoms with E-state index >= 15 is 0 Å². The maximum Gasteiger partial charge on any atom is 0.0194 e. The zero-order chi connectivity index (χ0) is 13.9. The molecule has 0 amide bonds. The Morgan fingerprint density at radius 2 is 1.89 bits per heavy atom. The Kier molecular flexibility index (Phi) is 4.09. The first-order valence-electron chi connectivity index (χ1n) is 7.26. The number of allylic oxidation sites excluding steroid dienone is 5. The van der Waals surface area contributed by atoms with Gasteiger partial charge in [0.15, 0.2) is 0 Å². The lowest BCUT2D eigenvalue weighted by atomic mass is 9.68. The van der Waals surface area contributed by atoms with Crippen molar-refractivity contribution in [3.8, 4) is 0 Å². The van der Waals surface area contributed by atoms with E-state index in [1.807, 2.05) is 0 Å². The predicted octanol–water partition coefficient (Wildman–Crippen LogP) is 5.28. The van der Waals surface area contributed by atoms with E-state index in [1.54, 1.807) is 0 Å². The molecule has 0 bridgehead atoms. The zero-order valence-electron chi connectivity index (χ0n) is 12.4. The van der Waals surface area contributed by atoms with Crippen molar-refractivity contribution in [3.05, 3.63) is 71.3 Å². The maximum atomic E-state index is 4.36. The molecular formula is C19H24. The second kappa shape index (κ2) is 5.61. The lowest BCUT2D eigenvalue weighted by Gasteiger charge is -2.35. The van der Waals surface area contributed by atoms with Crippen LogP contribution in [0.3, 0.4) is 0 Å². The minimum atomic E-state index is 0.0872. The number of aryl methyl sites for hydroxylation is 1. The number of hydrogen-bond donors (Lipinski definition) is 0. The van der Waals surface area contributed by atoms with Crippen molar-refractivity contribution in [2.24, 2.45) is 0 Å². The summed E-state index contributed by atoms with van der Waals surface area (Å²) >= 11 is 0. The monoisotopic (exact) mass is 252 g/mol. The Bertz CT molecular complexity index is 525. The molecule has 0 N–H and O–H groups in total. The Labute approximate surface area is 117 Å². The molecule has 0 aromatic heterocycles. The van der Waals surface area contributed by atoms with Crippen LogP contribution in [0.2, 0.25) is 0 Å². The highest BCUT2D eigenvalue weighted by atomic mass is 14.4. The Balaban J connectivity index is 2.70. The highest BCUT2D eigenvalue weighted by Crippen LogP contribution is 2.41. The molecule has 0 nitrogen and oxygen atoms in total. The summed E-state index contributed by atoms with van der Waals surface area (Å²) in [6, 6.07) is 6.87. The molecular weight excluding hydrogens is 228 g/mol. The third kappa shape index (κ3) is 2.45. The van der Waals surface area contributed by atoms with Gasteiger partial charge in [0, 0.05) is 5.41 Å². The van der Waals surface area contributed by atoms with Crippen LogP contribution in [0.25, 0.3) is 0 Å². The van der Waals surface area contributed by atoms with E-state index < -0.39 is 0 Å². The van der Waals surface area contributed by atoms with E-state index in [0.29, 0.717) is 0 Å². The molecule has 0 radical (unpaired) electrons. The quantitative estimate of drug-likeness (QED) is 0.672. The van der Waals surface area contributed by atoms with E-state index in [-0.39, 0.29) is 5.41 Å². The van der Waals surface area contributed by atoms with E-state index in [2.05, 4.69) is 69.9 Å². The summed E-state index contributed by atoms with van der Waals surface area (Å²) in [7, 11) is 0. The van der Waals surface area contributed by atoms with Gasteiger partial charge in [0.1, 0.15) is 0 Å². The van der Waals surface area contributed by atoms with Gasteiger partial charge < -0.3 is 0 Å². The van der Waals surface area contributed by atoms with Gasteiger partial charge in [-0.25, -0.2) is 0 Å². The summed E-state index contributed by atoms with van der Waals surface area (Å²) in [5.41, 5.74) is 5.57. The van der Waals surface area contributed by atoms with Crippen LogP contribution in [0.1, 0.15) is 43.4 Å². The second-order valence-corrected chi connectivity index (χ2v) is 5.47. The summed E-state index contributed by atoms with van der Waals surface area (Å²) in [5, 5.41) is 0. The first-order chi connectivity index (χ1) is 9.14. The molecule has 0 heterocycles. The van der Waals surface area contributed by atoms with Crippen LogP contribution in [0.5, 0.6) is 0 Å². The van der Waals surface area contributed by atoms with Crippen LogP contribution >= 0.6 is 0 Å². The minimum absolute atomic E-state index is 0.0872. The van der Waals surface area contributed by atoms with Crippen molar-refractivity contribution < 1.29 is 0 Å². The van der Waals surface area contributed by atoms with E-state index in [0.717, 1.165) is 19.3 Å². The number of hydrogen-bond acceptors (Lipinski definition) is 0. The van der Waals surface area contributed by atoms with Crippen molar-refractivity contribution in [2.75, 3.05) is 0 Å². The smallest absolute Gasteiger partial charge is 0.0194 e. The summed E-state index contributed by atoms with van der Waals surface area (Å²) in [6.07, 6.45) is 11.9. The van der Waals surface area contributed by atoms with Gasteiger partial charge in [0.05, 0.1) is 0 Å². The molecule has 1 aromatic rings. The molecule has 100 valence electrons. The first kappa shape index (κ1) is 13.9. The predicted molar refractivity (Wildman–Crippen MR) is 84.6 cm³/mol. The third-order valence-corrected chi connectivity index (χ3v) is 4.49. The van der Waals surface area contributed by atoms with Crippen molar-refractivity contribution in [2.45, 2.75) is 45.4 Å². The van der Waals surface area contributed by atoms with Gasteiger partial charge in [-0.05, 0) is 42.9 Å². The Hall–Kier alpha value is -1.56. The summed E-state index contributed by atoms with van der Waals surface area (Å²) in [5.74, 6) is 0. The van der Waals surface area contributed by atoms with Crippen LogP contribution in [0, 0.1) is 6.92 Å². The van der Waals surface area contributed by atoms with Crippen molar-refractivity contribution in [3.63, 3.8) is 0 Å². The molecule has 0 atom stereocenters. The lowest BCUT2D eigenvalue weighted by Crippen LogP contribution is -2.27. The molecule has 0 spiro atoms. The normalized spacial score (nSPS) is 20.9. The Morgan fingerprint density at radius 3 is 2.58 bits per heavy atom. The molecule has 19 heavy (non-hydrogen) atoms. The van der Waals surface area contributed by atoms with Crippen molar-refractivity contribution in [1.82, 2.24) is 0 Å². The topological polar surface area (TPSA) is 0 Å². The molecule has 2 rings (SSSR count). The molecule has 0 heteroatoms. The fourth-order valence-corrected chi connectivity index (χ4v) is 3.18. The Morgan fingerprint density at radius 1 is 1.16 bits per heavy atom. The largest absolute Gasteiger partial charge is 0.0949 e. The van der Waals surface area contributed by atoms with Crippen LogP contribution in [0.15, 0.2) is 54.7 Å². The average Bonchev–Trinajstić information content (AvgIpc) is 2.47. The molecule has 1 aliphatic rings. The second-order valence-electron chi connectivity index (χ2n) is 5.47. The standard InChI is InChI=1S/C19H24/c1-5-19(6-2)16(4)10-8-7-9-11-17-13-12-15(3)14-18(17)19/h7-10,12-14H,4-6,11H2,1-3H3/b9-7-,10-8-. The minimum Gasteiger partial charge on any atom is -0.0949 e. The fourth-order valence-electron chi connectivity index (χ4n) is 3.18. The van der Waals surface area contributed by atoms with E-state index in [1.165, 1.54) is 22.3 Å². The van der Waals surface area contributed by atoms with Gasteiger partial charge in [-0.2, -0.15) is 0 Å². The number of benzene rings is 1. The molecule has 0 fully saturated rings. The maximum absolute atomic E-state index is 4.36. The summed E-state index contributed by atoms with van der Waals surface area (Å²) in [6.45, 7) is 11.1. The first-order valence-corrected chi connectivity index (χ1v) is 7.26. The fraction of sp³-hybridized carbons (Fsp3) is 0.368. The van der Waals surface area contributed by atoms with Gasteiger partial charge in [-0.3, -0.25) is 0 Å². The van der Waals surface area contributed by atoms with Gasteiger partial charge >= 0.3 is 0 Å². The van der Waals surface area contributed by atoms with Crippen LogP contribution in [-0.4, -0.2) is 0 Å². The lowest BCUT2D eigenvalue weighted by molar-refractivity contribution is 0.475.